The van der Waals surface area contributed by atoms with Gasteiger partial charge in [0.2, 0.25) is 0 Å². The molecule has 1 aliphatic heterocycles. The monoisotopic (exact) mass is 349 g/mol. The van der Waals surface area contributed by atoms with Crippen molar-refractivity contribution < 1.29 is 19.1 Å². The van der Waals surface area contributed by atoms with Crippen LogP contribution in [0.15, 0.2) is 11.9 Å². The van der Waals surface area contributed by atoms with E-state index in [9.17, 15) is 19.1 Å². The number of likely N-dealkylation sites (N-methyl/N-ethyl adjacent to an activating group) is 1. The van der Waals surface area contributed by atoms with E-state index in [-0.39, 0.29) is 22.8 Å². The topological polar surface area (TPSA) is 57.6 Å². The third-order valence-corrected chi connectivity index (χ3v) is 8.46. The van der Waals surface area contributed by atoms with Gasteiger partial charge in [0.1, 0.15) is 0 Å². The van der Waals surface area contributed by atoms with Crippen molar-refractivity contribution >= 4 is 11.9 Å². The summed E-state index contributed by atoms with van der Waals surface area (Å²) in [6, 6.07) is 0.0572. The predicted molar refractivity (Wildman–Crippen MR) is 91.3 cm³/mol. The molecule has 0 bridgehead atoms. The highest BCUT2D eigenvalue weighted by molar-refractivity contribution is 5.92. The highest BCUT2D eigenvalue weighted by Crippen LogP contribution is 2.65. The number of carboxylic acids is 1. The molecule has 4 rings (SSSR count). The first-order valence-electron chi connectivity index (χ1n) is 9.58. The minimum absolute atomic E-state index is 0.0572. The normalized spacial score (nSPS) is 49.1. The lowest BCUT2D eigenvalue weighted by atomic mass is 9.47. The molecule has 5 heteroatoms. The minimum Gasteiger partial charge on any atom is -0.481 e. The molecular formula is C20H28FNO3. The fourth-order valence-corrected chi connectivity index (χ4v) is 7.24. The molecule has 7 atom stereocenters. The summed E-state index contributed by atoms with van der Waals surface area (Å²) >= 11 is 0. The molecule has 25 heavy (non-hydrogen) atoms. The Labute approximate surface area is 148 Å². The van der Waals surface area contributed by atoms with Crippen LogP contribution in [0.4, 0.5) is 4.39 Å². The Morgan fingerprint density at radius 3 is 2.60 bits per heavy atom. The van der Waals surface area contributed by atoms with E-state index in [0.717, 1.165) is 38.5 Å². The number of carbonyl (C=O) groups is 2. The van der Waals surface area contributed by atoms with Crippen LogP contribution < -0.4 is 0 Å². The van der Waals surface area contributed by atoms with Gasteiger partial charge < -0.3 is 10.0 Å². The zero-order valence-electron chi connectivity index (χ0n) is 15.3. The third-order valence-electron chi connectivity index (χ3n) is 8.46. The summed E-state index contributed by atoms with van der Waals surface area (Å²) in [6.45, 7) is 4.28. The van der Waals surface area contributed by atoms with Crippen molar-refractivity contribution in [3.8, 4) is 0 Å². The van der Waals surface area contributed by atoms with E-state index < -0.39 is 17.7 Å². The van der Waals surface area contributed by atoms with Crippen LogP contribution in [0.3, 0.4) is 0 Å². The molecule has 0 aromatic heterocycles. The Balaban J connectivity index is 1.70. The van der Waals surface area contributed by atoms with Gasteiger partial charge in [-0.2, -0.15) is 0 Å². The molecular weight excluding hydrogens is 321 g/mol. The highest BCUT2D eigenvalue weighted by atomic mass is 19.1. The van der Waals surface area contributed by atoms with Crippen molar-refractivity contribution in [2.75, 3.05) is 7.05 Å². The second-order valence-corrected chi connectivity index (χ2v) is 9.26. The molecule has 2 unspecified atom stereocenters. The number of hydrogen-bond acceptors (Lipinski definition) is 2. The first-order chi connectivity index (χ1) is 11.7. The van der Waals surface area contributed by atoms with E-state index in [2.05, 4.69) is 13.8 Å². The molecule has 1 amide bonds. The van der Waals surface area contributed by atoms with Crippen LogP contribution in [-0.2, 0) is 9.59 Å². The Morgan fingerprint density at radius 2 is 1.92 bits per heavy atom. The lowest BCUT2D eigenvalue weighted by Crippen LogP contribution is -2.60. The van der Waals surface area contributed by atoms with Crippen LogP contribution in [0.1, 0.15) is 52.4 Å². The number of aliphatic carboxylic acids is 1. The lowest BCUT2D eigenvalue weighted by Gasteiger charge is -2.60. The molecule has 1 N–H and O–H groups in total. The summed E-state index contributed by atoms with van der Waals surface area (Å²) in [5, 5.41) is 9.65. The second-order valence-electron chi connectivity index (χ2n) is 9.26. The van der Waals surface area contributed by atoms with Gasteiger partial charge in [0.05, 0.1) is 5.92 Å². The zero-order chi connectivity index (χ0) is 18.1. The van der Waals surface area contributed by atoms with Gasteiger partial charge in [0, 0.05) is 18.5 Å². The maximum atomic E-state index is 14.3. The Morgan fingerprint density at radius 1 is 1.20 bits per heavy atom. The average molecular weight is 349 g/mol. The first-order valence-corrected chi connectivity index (χ1v) is 9.58. The maximum absolute atomic E-state index is 14.3. The van der Waals surface area contributed by atoms with Gasteiger partial charge in [-0.05, 0) is 67.8 Å². The van der Waals surface area contributed by atoms with E-state index in [4.69, 9.17) is 0 Å². The fraction of sp³-hybridized carbons (Fsp3) is 0.800. The largest absolute Gasteiger partial charge is 0.481 e. The molecule has 3 aliphatic carbocycles. The van der Waals surface area contributed by atoms with Crippen molar-refractivity contribution in [3.05, 3.63) is 11.9 Å². The molecule has 1 heterocycles. The molecule has 4 nitrogen and oxygen atoms in total. The first kappa shape index (κ1) is 17.0. The molecule has 0 saturated heterocycles. The minimum atomic E-state index is -0.655. The quantitative estimate of drug-likeness (QED) is 0.786. The Bertz CT molecular complexity index is 661. The Kier molecular flexibility index (Phi) is 3.62. The maximum Gasteiger partial charge on any atom is 0.307 e. The molecule has 0 aromatic rings. The van der Waals surface area contributed by atoms with Gasteiger partial charge in [0.25, 0.3) is 5.91 Å². The van der Waals surface area contributed by atoms with Crippen LogP contribution >= 0.6 is 0 Å². The number of halogens is 1. The fourth-order valence-electron chi connectivity index (χ4n) is 7.24. The number of amides is 1. The van der Waals surface area contributed by atoms with Gasteiger partial charge in [-0.15, -0.1) is 0 Å². The van der Waals surface area contributed by atoms with Gasteiger partial charge >= 0.3 is 5.97 Å². The van der Waals surface area contributed by atoms with Gasteiger partial charge in [-0.25, -0.2) is 4.39 Å². The number of nitrogens with zero attached hydrogens (tertiary/aromatic N) is 1. The van der Waals surface area contributed by atoms with Crippen LogP contribution in [0, 0.1) is 34.5 Å². The van der Waals surface area contributed by atoms with Crippen LogP contribution in [0.25, 0.3) is 0 Å². The van der Waals surface area contributed by atoms with Crippen molar-refractivity contribution in [3.63, 3.8) is 0 Å². The summed E-state index contributed by atoms with van der Waals surface area (Å²) in [4.78, 5) is 25.4. The second kappa shape index (κ2) is 5.31. The summed E-state index contributed by atoms with van der Waals surface area (Å²) in [7, 11) is 1.72. The highest BCUT2D eigenvalue weighted by Gasteiger charge is 2.62. The number of carbonyl (C=O) groups excluding carboxylic acids is 1. The molecule has 3 fully saturated rings. The van der Waals surface area contributed by atoms with Crippen LogP contribution in [0.2, 0.25) is 0 Å². The molecule has 4 aliphatic rings. The SMILES string of the molecule is CN1C(=O)C(F)=C[C@]2(C)C3CC[C@]4(C)[C@@H](C(=O)O)CC[C@H]4C3CC[C@@H]12. The van der Waals surface area contributed by atoms with Crippen molar-refractivity contribution in [2.24, 2.45) is 34.5 Å². The van der Waals surface area contributed by atoms with Crippen molar-refractivity contribution in [2.45, 2.75) is 58.4 Å². The molecule has 3 saturated carbocycles. The van der Waals surface area contributed by atoms with E-state index in [1.807, 2.05) is 0 Å². The number of rotatable bonds is 1. The Hall–Kier alpha value is -1.39. The van der Waals surface area contributed by atoms with Gasteiger partial charge in [0.15, 0.2) is 5.83 Å². The summed E-state index contributed by atoms with van der Waals surface area (Å²) in [5.41, 5.74) is -0.465. The molecule has 0 spiro atoms. The van der Waals surface area contributed by atoms with E-state index in [1.165, 1.54) is 0 Å². The third kappa shape index (κ3) is 2.10. The number of fused-ring (bicyclic) bond motifs is 5. The number of carboxylic acid groups (broad SMARTS) is 1. The predicted octanol–water partition coefficient (Wildman–Crippen LogP) is 3.62. The van der Waals surface area contributed by atoms with E-state index in [0.29, 0.717) is 17.8 Å². The lowest BCUT2D eigenvalue weighted by molar-refractivity contribution is -0.153. The van der Waals surface area contributed by atoms with E-state index >= 15 is 0 Å². The smallest absolute Gasteiger partial charge is 0.307 e. The van der Waals surface area contributed by atoms with Crippen molar-refractivity contribution in [1.29, 1.82) is 0 Å². The summed E-state index contributed by atoms with van der Waals surface area (Å²) < 4.78 is 14.3. The number of hydrogen-bond donors (Lipinski definition) is 1. The standard InChI is InChI=1S/C20H28FNO3/c1-19-9-8-13-11(12(19)5-6-14(19)18(24)25)4-7-16-20(13,2)10-15(21)17(23)22(16)3/h10-14,16H,4-9H2,1-3H3,(H,24,25)/t11?,12-,13?,14+,16+,19-,20+/m0/s1. The zero-order valence-corrected chi connectivity index (χ0v) is 15.3. The molecule has 0 aromatic carbocycles. The van der Waals surface area contributed by atoms with Gasteiger partial charge in [-0.3, -0.25) is 9.59 Å². The van der Waals surface area contributed by atoms with E-state index in [1.54, 1.807) is 18.0 Å². The molecule has 138 valence electrons. The van der Waals surface area contributed by atoms with Gasteiger partial charge in [-0.1, -0.05) is 13.8 Å². The van der Waals surface area contributed by atoms with Crippen molar-refractivity contribution in [1.82, 2.24) is 4.90 Å². The molecule has 0 radical (unpaired) electrons. The summed E-state index contributed by atoms with van der Waals surface area (Å²) in [6.07, 6.45) is 7.06. The average Bonchev–Trinajstić information content (AvgIpc) is 2.90. The van der Waals surface area contributed by atoms with Crippen LogP contribution in [-0.4, -0.2) is 35.0 Å². The summed E-state index contributed by atoms with van der Waals surface area (Å²) in [5.74, 6) is -0.833. The van der Waals surface area contributed by atoms with Crippen LogP contribution in [0.5, 0.6) is 0 Å².